The number of hydrogen-bond donors (Lipinski definition) is 1. The van der Waals surface area contributed by atoms with Crippen molar-refractivity contribution in [1.29, 1.82) is 0 Å². The Balaban J connectivity index is 1.64. The quantitative estimate of drug-likeness (QED) is 0.294. The van der Waals surface area contributed by atoms with E-state index in [1.54, 1.807) is 19.4 Å². The number of non-ortho nitro benzene ring substituents is 1. The van der Waals surface area contributed by atoms with Crippen molar-refractivity contribution in [1.82, 2.24) is 15.4 Å². The third-order valence-electron chi connectivity index (χ3n) is 4.83. The summed E-state index contributed by atoms with van der Waals surface area (Å²) in [6.45, 7) is 4.34. The Hall–Kier alpha value is -2.98. The van der Waals surface area contributed by atoms with Gasteiger partial charge in [-0.25, -0.2) is 9.98 Å². The molecule has 2 heterocycles. The van der Waals surface area contributed by atoms with Gasteiger partial charge in [0.25, 0.3) is 5.69 Å². The Morgan fingerprint density at radius 2 is 2.16 bits per heavy atom. The number of rotatable bonds is 5. The van der Waals surface area contributed by atoms with Crippen molar-refractivity contribution in [3.8, 4) is 5.88 Å². The Morgan fingerprint density at radius 1 is 1.35 bits per heavy atom. The van der Waals surface area contributed by atoms with E-state index in [9.17, 15) is 10.1 Å². The van der Waals surface area contributed by atoms with Crippen molar-refractivity contribution < 1.29 is 9.66 Å². The van der Waals surface area contributed by atoms with E-state index in [2.05, 4.69) is 34.3 Å². The molecule has 4 rings (SSSR count). The molecule has 2 aromatic rings. The minimum Gasteiger partial charge on any atom is -0.479 e. The van der Waals surface area contributed by atoms with Gasteiger partial charge in [0.15, 0.2) is 5.69 Å². The molecule has 2 aliphatic rings. The van der Waals surface area contributed by atoms with Crippen LogP contribution in [-0.4, -0.2) is 33.9 Å². The first-order valence-corrected chi connectivity index (χ1v) is 10.6. The molecular weight excluding hydrogens is 440 g/mol. The largest absolute Gasteiger partial charge is 0.479 e. The zero-order valence-corrected chi connectivity index (χ0v) is 18.6. The molecule has 0 bridgehead atoms. The lowest BCUT2D eigenvalue weighted by molar-refractivity contribution is -0.384. The molecule has 0 radical (unpaired) electrons. The summed E-state index contributed by atoms with van der Waals surface area (Å²) in [5, 5.41) is 16.2. The summed E-state index contributed by atoms with van der Waals surface area (Å²) in [6.07, 6.45) is 4.58. The number of halogens is 1. The minimum absolute atomic E-state index is 0.0217. The highest BCUT2D eigenvalue weighted by Gasteiger charge is 2.35. The highest BCUT2D eigenvalue weighted by atomic mass is 35.5. The van der Waals surface area contributed by atoms with Gasteiger partial charge in [0.05, 0.1) is 33.9 Å². The van der Waals surface area contributed by atoms with Gasteiger partial charge in [-0.2, -0.15) is 10.1 Å². The maximum absolute atomic E-state index is 10.9. The topological polar surface area (TPSA) is 115 Å². The lowest BCUT2D eigenvalue weighted by Crippen LogP contribution is -2.30. The van der Waals surface area contributed by atoms with E-state index in [-0.39, 0.29) is 16.1 Å². The first kappa shape index (κ1) is 21.3. The van der Waals surface area contributed by atoms with Gasteiger partial charge in [0, 0.05) is 23.4 Å². The van der Waals surface area contributed by atoms with Gasteiger partial charge in [-0.3, -0.25) is 15.5 Å². The number of nitrogens with zero attached hydrogens (tertiary/aromatic N) is 5. The van der Waals surface area contributed by atoms with Crippen LogP contribution in [0.3, 0.4) is 0 Å². The molecule has 1 aromatic carbocycles. The second-order valence-corrected chi connectivity index (χ2v) is 9.26. The van der Waals surface area contributed by atoms with Crippen LogP contribution in [0.15, 0.2) is 50.2 Å². The van der Waals surface area contributed by atoms with Crippen LogP contribution in [0.5, 0.6) is 5.88 Å². The van der Waals surface area contributed by atoms with Crippen LogP contribution in [-0.2, 0) is 0 Å². The van der Waals surface area contributed by atoms with Crippen LogP contribution in [0.4, 0.5) is 11.4 Å². The van der Waals surface area contributed by atoms with Crippen molar-refractivity contribution in [3.05, 3.63) is 55.8 Å². The number of aliphatic imine (C=N–C) groups is 1. The molecule has 31 heavy (non-hydrogen) atoms. The van der Waals surface area contributed by atoms with E-state index < -0.39 is 4.92 Å². The van der Waals surface area contributed by atoms with E-state index in [0.717, 1.165) is 34.2 Å². The van der Waals surface area contributed by atoms with Gasteiger partial charge < -0.3 is 4.74 Å². The van der Waals surface area contributed by atoms with E-state index >= 15 is 0 Å². The molecule has 1 N–H and O–H groups in total. The van der Waals surface area contributed by atoms with Gasteiger partial charge in [-0.05, 0) is 24.3 Å². The summed E-state index contributed by atoms with van der Waals surface area (Å²) in [5.41, 5.74) is 6.13. The Morgan fingerprint density at radius 3 is 2.87 bits per heavy atom. The minimum atomic E-state index is -0.487. The molecule has 1 aliphatic heterocycles. The van der Waals surface area contributed by atoms with Crippen LogP contribution < -0.4 is 10.2 Å². The molecule has 1 aromatic heterocycles. The molecular formula is C20H19ClN6O3S. The number of aromatic nitrogens is 2. The van der Waals surface area contributed by atoms with Gasteiger partial charge in [-0.1, -0.05) is 37.2 Å². The fourth-order valence-electron chi connectivity index (χ4n) is 3.44. The van der Waals surface area contributed by atoms with E-state index in [1.807, 2.05) is 0 Å². The molecule has 0 spiro atoms. The number of nitro groups is 1. The third-order valence-corrected chi connectivity index (χ3v) is 6.34. The average molecular weight is 459 g/mol. The summed E-state index contributed by atoms with van der Waals surface area (Å²) in [7, 11) is 1.56. The molecule has 0 saturated heterocycles. The normalized spacial score (nSPS) is 17.1. The van der Waals surface area contributed by atoms with E-state index in [4.69, 9.17) is 21.3 Å². The molecule has 1 aliphatic carbocycles. The fourth-order valence-corrected chi connectivity index (χ4v) is 4.67. The average Bonchev–Trinajstić information content (AvgIpc) is 2.72. The lowest BCUT2D eigenvalue weighted by atomic mass is 9.78. The van der Waals surface area contributed by atoms with Gasteiger partial charge in [-0.15, -0.1) is 0 Å². The predicted octanol–water partition coefficient (Wildman–Crippen LogP) is 4.88. The molecule has 0 saturated carbocycles. The summed E-state index contributed by atoms with van der Waals surface area (Å²) >= 11 is 7.67. The number of thioether (sulfide) groups is 1. The molecule has 11 heteroatoms. The van der Waals surface area contributed by atoms with Gasteiger partial charge in [0.2, 0.25) is 5.88 Å². The SMILES string of the molecule is COc1ncnc2c1N=C1CC(C)(C)CC(N/N=C/c3ccc([N+](=O)[O-])cc3Cl)=C1S2. The Kier molecular flexibility index (Phi) is 5.67. The van der Waals surface area contributed by atoms with Crippen molar-refractivity contribution >= 4 is 46.7 Å². The second kappa shape index (κ2) is 8.27. The van der Waals surface area contributed by atoms with Gasteiger partial charge in [0.1, 0.15) is 11.4 Å². The Bertz CT molecular complexity index is 1160. The Labute approximate surface area is 187 Å². The number of nitro benzene ring substituents is 1. The smallest absolute Gasteiger partial charge is 0.270 e. The van der Waals surface area contributed by atoms with Crippen LogP contribution >= 0.6 is 23.4 Å². The summed E-state index contributed by atoms with van der Waals surface area (Å²) in [5.74, 6) is 0.452. The van der Waals surface area contributed by atoms with Crippen molar-refractivity contribution in [2.24, 2.45) is 15.5 Å². The number of methoxy groups -OCH3 is 1. The lowest BCUT2D eigenvalue weighted by Gasteiger charge is -2.35. The standard InChI is InChI=1S/C20H19ClN6O3S/c1-20(2)7-14-17(31-19-16(25-14)18(30-3)22-10-23-19)15(8-20)26-24-9-11-4-5-12(27(28)29)6-13(11)21/h4-6,9-10,26H,7-8H2,1-3H3/b24-9+. The van der Waals surface area contributed by atoms with E-state index in [1.165, 1.54) is 30.2 Å². The first-order chi connectivity index (χ1) is 14.8. The number of benzene rings is 1. The predicted molar refractivity (Wildman–Crippen MR) is 120 cm³/mol. The van der Waals surface area contributed by atoms with Crippen molar-refractivity contribution in [3.63, 3.8) is 0 Å². The summed E-state index contributed by atoms with van der Waals surface area (Å²) in [6, 6.07) is 4.26. The maximum Gasteiger partial charge on any atom is 0.270 e. The molecule has 0 atom stereocenters. The zero-order chi connectivity index (χ0) is 22.2. The number of fused-ring (bicyclic) bond motifs is 2. The van der Waals surface area contributed by atoms with Crippen molar-refractivity contribution in [2.45, 2.75) is 31.7 Å². The fraction of sp³-hybridized carbons (Fsp3) is 0.300. The van der Waals surface area contributed by atoms with Crippen LogP contribution in [0, 0.1) is 15.5 Å². The third kappa shape index (κ3) is 4.40. The molecule has 160 valence electrons. The maximum atomic E-state index is 10.9. The molecule has 9 nitrogen and oxygen atoms in total. The number of allylic oxidation sites excluding steroid dienone is 2. The van der Waals surface area contributed by atoms with Crippen LogP contribution in [0.1, 0.15) is 32.3 Å². The number of ether oxygens (including phenoxy) is 1. The number of hydrazone groups is 1. The molecule has 0 fully saturated rings. The van der Waals surface area contributed by atoms with Crippen LogP contribution in [0.2, 0.25) is 5.02 Å². The van der Waals surface area contributed by atoms with Crippen LogP contribution in [0.25, 0.3) is 0 Å². The molecule has 0 unspecified atom stereocenters. The highest BCUT2D eigenvalue weighted by molar-refractivity contribution is 8.04. The van der Waals surface area contributed by atoms with Crippen molar-refractivity contribution in [2.75, 3.05) is 7.11 Å². The number of hydrogen-bond acceptors (Lipinski definition) is 9. The van der Waals surface area contributed by atoms with Gasteiger partial charge >= 0.3 is 0 Å². The summed E-state index contributed by atoms with van der Waals surface area (Å²) in [4.78, 5) is 24.7. The molecule has 0 amide bonds. The second-order valence-electron chi connectivity index (χ2n) is 7.86. The highest BCUT2D eigenvalue weighted by Crippen LogP contribution is 2.49. The monoisotopic (exact) mass is 458 g/mol. The summed E-state index contributed by atoms with van der Waals surface area (Å²) < 4.78 is 5.34. The van der Waals surface area contributed by atoms with E-state index in [0.29, 0.717) is 17.1 Å². The zero-order valence-electron chi connectivity index (χ0n) is 17.0. The number of nitrogens with one attached hydrogen (secondary N) is 1. The first-order valence-electron chi connectivity index (χ1n) is 9.38.